The summed E-state index contributed by atoms with van der Waals surface area (Å²) in [5, 5.41) is 27.9. The number of alkyl halides is 6. The van der Waals surface area contributed by atoms with E-state index in [9.17, 15) is 36.3 Å². The SMILES string of the molecule is CC(C)(C)N(O)C(=O)c1ccccc1.O=C([O-])C(F)(F)F.O=C([O-])C(F)(F)F.[Pd+2]. The number of hydrogen-bond donors (Lipinski definition) is 1. The van der Waals surface area contributed by atoms with Gasteiger partial charge >= 0.3 is 32.8 Å². The van der Waals surface area contributed by atoms with Crippen molar-refractivity contribution in [1.29, 1.82) is 0 Å². The maximum atomic E-state index is 11.7. The first-order chi connectivity index (χ1) is 12.3. The first kappa shape index (κ1) is 31.5. The predicted octanol–water partition coefficient (Wildman–Crippen LogP) is 0.911. The van der Waals surface area contributed by atoms with Crippen LogP contribution in [0.25, 0.3) is 0 Å². The molecule has 0 heterocycles. The summed E-state index contributed by atoms with van der Waals surface area (Å²) in [5.74, 6) is -6.39. The molecule has 0 atom stereocenters. The van der Waals surface area contributed by atoms with Crippen molar-refractivity contribution in [1.82, 2.24) is 5.06 Å². The Morgan fingerprint density at radius 2 is 1.10 bits per heavy atom. The third-order valence-corrected chi connectivity index (χ3v) is 2.31. The standard InChI is InChI=1S/C11H15NO2.2C2HF3O2.Pd/c1-11(2,3)12(14)10(13)9-7-5-4-6-8-9;2*3-2(4,5)1(6)7;/h4-8,14H,1-3H3;2*(H,6,7);/q;;;+2/p-2. The molecule has 14 heteroatoms. The second-order valence-corrected chi connectivity index (χ2v) is 5.72. The average molecular weight is 526 g/mol. The molecule has 0 aliphatic heterocycles. The molecule has 0 aliphatic rings. The minimum Gasteiger partial charge on any atom is -0.542 e. The van der Waals surface area contributed by atoms with Crippen molar-refractivity contribution >= 4 is 17.8 Å². The Bertz CT molecular complexity index is 634. The molecule has 1 aromatic carbocycles. The van der Waals surface area contributed by atoms with E-state index in [1.807, 2.05) is 6.07 Å². The molecule has 1 amide bonds. The van der Waals surface area contributed by atoms with Crippen LogP contribution in [0.1, 0.15) is 31.1 Å². The van der Waals surface area contributed by atoms with Crippen molar-refractivity contribution in [2.24, 2.45) is 0 Å². The molecule has 0 aromatic heterocycles. The fraction of sp³-hybridized carbons (Fsp3) is 0.400. The van der Waals surface area contributed by atoms with Gasteiger partial charge in [-0.3, -0.25) is 10.0 Å². The zero-order valence-electron chi connectivity index (χ0n) is 14.9. The van der Waals surface area contributed by atoms with Crippen LogP contribution in [0, 0.1) is 0 Å². The van der Waals surface area contributed by atoms with Crippen molar-refractivity contribution in [2.75, 3.05) is 0 Å². The Hall–Kier alpha value is -2.17. The molecule has 7 nitrogen and oxygen atoms in total. The molecule has 0 aliphatic carbocycles. The molecule has 0 bridgehead atoms. The molecule has 1 N–H and O–H groups in total. The van der Waals surface area contributed by atoms with E-state index in [0.717, 1.165) is 5.06 Å². The number of carboxylic acid groups (broad SMARTS) is 2. The number of rotatable bonds is 1. The van der Waals surface area contributed by atoms with Crippen LogP contribution < -0.4 is 10.2 Å². The third kappa shape index (κ3) is 14.5. The molecule has 1 aromatic rings. The van der Waals surface area contributed by atoms with Gasteiger partial charge in [-0.05, 0) is 32.9 Å². The van der Waals surface area contributed by atoms with E-state index < -0.39 is 29.8 Å². The predicted molar refractivity (Wildman–Crippen MR) is 76.3 cm³/mol. The summed E-state index contributed by atoms with van der Waals surface area (Å²) in [6, 6.07) is 8.72. The van der Waals surface area contributed by atoms with Gasteiger partial charge in [0, 0.05) is 5.56 Å². The maximum absolute atomic E-state index is 11.7. The van der Waals surface area contributed by atoms with Crippen LogP contribution >= 0.6 is 0 Å². The largest absolute Gasteiger partial charge is 2.00 e. The van der Waals surface area contributed by atoms with Crippen molar-refractivity contribution in [3.05, 3.63) is 35.9 Å². The van der Waals surface area contributed by atoms with Crippen molar-refractivity contribution in [3.8, 4) is 0 Å². The van der Waals surface area contributed by atoms with E-state index in [0.29, 0.717) is 5.56 Å². The molecule has 0 spiro atoms. The number of hydroxylamine groups is 2. The molecule has 0 saturated heterocycles. The minimum atomic E-state index is -5.19. The second-order valence-electron chi connectivity index (χ2n) is 5.72. The van der Waals surface area contributed by atoms with Gasteiger partial charge in [0.25, 0.3) is 5.91 Å². The molecule has 0 saturated carbocycles. The molecule has 0 unspecified atom stereocenters. The topological polar surface area (TPSA) is 121 Å². The molecule has 0 radical (unpaired) electrons. The summed E-state index contributed by atoms with van der Waals surface area (Å²) >= 11 is 0. The Kier molecular flexibility index (Phi) is 13.5. The van der Waals surface area contributed by atoms with Crippen molar-refractivity contribution in [2.45, 2.75) is 38.7 Å². The number of benzene rings is 1. The summed E-state index contributed by atoms with van der Waals surface area (Å²) in [6.07, 6.45) is -10.4. The summed E-state index contributed by atoms with van der Waals surface area (Å²) in [7, 11) is 0. The Labute approximate surface area is 174 Å². The van der Waals surface area contributed by atoms with Gasteiger partial charge in [-0.2, -0.15) is 26.3 Å². The average Bonchev–Trinajstić information content (AvgIpc) is 2.52. The van der Waals surface area contributed by atoms with Gasteiger partial charge in [-0.1, -0.05) is 18.2 Å². The van der Waals surface area contributed by atoms with Gasteiger partial charge in [0.05, 0.1) is 5.54 Å². The normalized spacial score (nSPS) is 10.8. The molecular weight excluding hydrogens is 511 g/mol. The monoisotopic (exact) mass is 525 g/mol. The Morgan fingerprint density at radius 1 is 0.828 bits per heavy atom. The third-order valence-electron chi connectivity index (χ3n) is 2.31. The summed E-state index contributed by atoms with van der Waals surface area (Å²) < 4.78 is 63.1. The van der Waals surface area contributed by atoms with E-state index in [1.54, 1.807) is 45.0 Å². The van der Waals surface area contributed by atoms with Gasteiger partial charge < -0.3 is 19.8 Å². The van der Waals surface area contributed by atoms with E-state index in [1.165, 1.54) is 0 Å². The Balaban J connectivity index is -0.000000384. The molecule has 29 heavy (non-hydrogen) atoms. The summed E-state index contributed by atoms with van der Waals surface area (Å²) in [4.78, 5) is 29.2. The number of carbonyl (C=O) groups is 3. The van der Waals surface area contributed by atoms with Crippen LogP contribution in [0.2, 0.25) is 0 Å². The van der Waals surface area contributed by atoms with Crippen LogP contribution in [0.15, 0.2) is 30.3 Å². The van der Waals surface area contributed by atoms with Crippen LogP contribution in [0.3, 0.4) is 0 Å². The van der Waals surface area contributed by atoms with Gasteiger partial charge in [0.15, 0.2) is 0 Å². The fourth-order valence-electron chi connectivity index (χ4n) is 1.01. The van der Waals surface area contributed by atoms with Crippen molar-refractivity contribution in [3.63, 3.8) is 0 Å². The van der Waals surface area contributed by atoms with E-state index >= 15 is 0 Å². The van der Waals surface area contributed by atoms with Crippen LogP contribution in [0.5, 0.6) is 0 Å². The first-order valence-electron chi connectivity index (χ1n) is 6.96. The summed E-state index contributed by atoms with van der Waals surface area (Å²) in [6.45, 7) is 5.32. The number of halogens is 6. The van der Waals surface area contributed by atoms with Gasteiger partial charge in [-0.15, -0.1) is 0 Å². The molecular formula is C15H15F6NO6Pd. The molecule has 0 fully saturated rings. The van der Waals surface area contributed by atoms with E-state index in [2.05, 4.69) is 0 Å². The van der Waals surface area contributed by atoms with Gasteiger partial charge in [0.1, 0.15) is 11.9 Å². The molecule has 168 valence electrons. The van der Waals surface area contributed by atoms with Gasteiger partial charge in [0.2, 0.25) is 0 Å². The quantitative estimate of drug-likeness (QED) is 0.252. The minimum absolute atomic E-state index is 0. The number of aliphatic carboxylic acids is 2. The van der Waals surface area contributed by atoms with E-state index in [4.69, 9.17) is 19.8 Å². The number of nitrogens with zero attached hydrogens (tertiary/aromatic N) is 1. The zero-order valence-corrected chi connectivity index (χ0v) is 16.5. The van der Waals surface area contributed by atoms with Crippen LogP contribution in [-0.4, -0.2) is 46.0 Å². The van der Waals surface area contributed by atoms with Crippen LogP contribution in [-0.2, 0) is 30.0 Å². The van der Waals surface area contributed by atoms with Crippen molar-refractivity contribution < 1.29 is 76.6 Å². The number of carboxylic acids is 2. The molecule has 1 rings (SSSR count). The van der Waals surface area contributed by atoms with Gasteiger partial charge in [-0.25, -0.2) is 5.06 Å². The maximum Gasteiger partial charge on any atom is 2.00 e. The van der Waals surface area contributed by atoms with E-state index in [-0.39, 0.29) is 26.3 Å². The number of carbonyl (C=O) groups excluding carboxylic acids is 3. The smallest absolute Gasteiger partial charge is 0.542 e. The second kappa shape index (κ2) is 12.4. The zero-order chi connectivity index (χ0) is 22.9. The van der Waals surface area contributed by atoms with Crippen LogP contribution in [0.4, 0.5) is 26.3 Å². The summed E-state index contributed by atoms with van der Waals surface area (Å²) in [5.41, 5.74) is -0.0858. The number of amides is 1. The first-order valence-corrected chi connectivity index (χ1v) is 6.96. The fourth-order valence-corrected chi connectivity index (χ4v) is 1.01. The number of hydrogen-bond acceptors (Lipinski definition) is 6. The Morgan fingerprint density at radius 3 is 1.31 bits per heavy atom.